The average molecular weight is 213 g/mol. The van der Waals surface area contributed by atoms with Crippen molar-refractivity contribution in [3.63, 3.8) is 0 Å². The Kier molecular flexibility index (Phi) is 3.90. The van der Waals surface area contributed by atoms with Crippen molar-refractivity contribution in [2.75, 3.05) is 12.3 Å². The summed E-state index contributed by atoms with van der Waals surface area (Å²) < 4.78 is 0. The predicted octanol–water partition coefficient (Wildman–Crippen LogP) is -0.249. The Morgan fingerprint density at radius 3 is 2.47 bits per heavy atom. The first-order valence-electron chi connectivity index (χ1n) is 4.61. The third-order valence-electron chi connectivity index (χ3n) is 2.18. The number of nitrogen functional groups attached to an aromatic ring is 1. The number of phenolic OH excluding ortho intramolecular Hbond substituents is 1. The molecule has 5 heteroatoms. The smallest absolute Gasteiger partial charge is 0.117 e. The van der Waals surface area contributed by atoms with Crippen molar-refractivity contribution in [3.8, 4) is 5.75 Å². The normalized spacial score (nSPS) is 14.9. The Bertz CT molecular complexity index is 329. The minimum Gasteiger partial charge on any atom is -0.508 e. The molecule has 1 aromatic carbocycles. The Hall–Kier alpha value is -1.30. The molecule has 0 bridgehead atoms. The molecular weight excluding hydrogens is 198 g/mol. The fourth-order valence-corrected chi connectivity index (χ4v) is 1.33. The third-order valence-corrected chi connectivity index (χ3v) is 2.18. The number of hydrogen-bond acceptors (Lipinski definition) is 5. The maximum absolute atomic E-state index is 9.67. The molecule has 0 spiro atoms. The van der Waals surface area contributed by atoms with Gasteiger partial charge in [-0.05, 0) is 12.5 Å². The maximum Gasteiger partial charge on any atom is 0.117 e. The van der Waals surface area contributed by atoms with Gasteiger partial charge in [0.25, 0.3) is 0 Å². The van der Waals surface area contributed by atoms with Gasteiger partial charge in [0.05, 0.1) is 6.10 Å². The van der Waals surface area contributed by atoms with E-state index in [1.807, 2.05) is 0 Å². The van der Waals surface area contributed by atoms with Crippen LogP contribution in [-0.2, 0) is 0 Å². The van der Waals surface area contributed by atoms with Crippen molar-refractivity contribution in [2.45, 2.75) is 18.6 Å². The number of rotatable bonds is 4. The summed E-state index contributed by atoms with van der Waals surface area (Å²) >= 11 is 0. The Morgan fingerprint density at radius 1 is 1.27 bits per heavy atom. The molecule has 0 radical (unpaired) electrons. The first-order chi connectivity index (χ1) is 7.06. The highest BCUT2D eigenvalue weighted by Gasteiger charge is 2.19. The van der Waals surface area contributed by atoms with Crippen molar-refractivity contribution in [2.24, 2.45) is 0 Å². The molecule has 0 aliphatic carbocycles. The summed E-state index contributed by atoms with van der Waals surface area (Å²) in [5, 5.41) is 36.8. The second kappa shape index (κ2) is 4.97. The van der Waals surface area contributed by atoms with E-state index in [1.165, 1.54) is 18.2 Å². The van der Waals surface area contributed by atoms with Crippen LogP contribution in [-0.4, -0.2) is 33.1 Å². The molecule has 6 N–H and O–H groups in total. The molecule has 15 heavy (non-hydrogen) atoms. The number of aliphatic hydroxyl groups excluding tert-OH is 3. The zero-order valence-corrected chi connectivity index (χ0v) is 8.17. The zero-order valence-electron chi connectivity index (χ0n) is 8.17. The highest BCUT2D eigenvalue weighted by Crippen LogP contribution is 2.27. The van der Waals surface area contributed by atoms with Crippen LogP contribution in [0.4, 0.5) is 5.69 Å². The van der Waals surface area contributed by atoms with E-state index >= 15 is 0 Å². The van der Waals surface area contributed by atoms with Crippen LogP contribution in [0.1, 0.15) is 18.1 Å². The van der Waals surface area contributed by atoms with Crippen molar-refractivity contribution in [3.05, 3.63) is 23.8 Å². The number of phenols is 1. The van der Waals surface area contributed by atoms with Crippen molar-refractivity contribution >= 4 is 5.69 Å². The highest BCUT2D eigenvalue weighted by molar-refractivity contribution is 5.52. The lowest BCUT2D eigenvalue weighted by molar-refractivity contribution is 0.00459. The summed E-state index contributed by atoms with van der Waals surface area (Å²) in [4.78, 5) is 0. The molecule has 1 rings (SSSR count). The van der Waals surface area contributed by atoms with Crippen LogP contribution in [0.15, 0.2) is 18.2 Å². The monoisotopic (exact) mass is 213 g/mol. The number of anilines is 1. The molecule has 0 aromatic heterocycles. The zero-order chi connectivity index (χ0) is 11.4. The molecule has 0 heterocycles. The minimum atomic E-state index is -1.15. The van der Waals surface area contributed by atoms with E-state index in [0.717, 1.165) is 0 Å². The van der Waals surface area contributed by atoms with Gasteiger partial charge in [-0.1, -0.05) is 6.07 Å². The van der Waals surface area contributed by atoms with E-state index in [2.05, 4.69) is 0 Å². The van der Waals surface area contributed by atoms with Gasteiger partial charge in [0.2, 0.25) is 0 Å². The Labute approximate surface area is 87.4 Å². The van der Waals surface area contributed by atoms with Gasteiger partial charge < -0.3 is 26.2 Å². The molecular formula is C10H15NO4. The number of aliphatic hydroxyl groups is 3. The molecule has 0 saturated heterocycles. The largest absolute Gasteiger partial charge is 0.508 e. The van der Waals surface area contributed by atoms with E-state index in [0.29, 0.717) is 5.56 Å². The number of hydrogen-bond donors (Lipinski definition) is 5. The van der Waals surface area contributed by atoms with Crippen LogP contribution < -0.4 is 5.73 Å². The van der Waals surface area contributed by atoms with Crippen molar-refractivity contribution in [1.29, 1.82) is 0 Å². The summed E-state index contributed by atoms with van der Waals surface area (Å²) in [5.74, 6) is 0.0000907. The Balaban J connectivity index is 2.86. The number of nitrogens with two attached hydrogens (primary N) is 1. The standard InChI is InChI=1S/C10H15NO4/c11-8-5-6(13)1-2-7(8)10(15)9(14)3-4-12/h1-2,5,9-10,12-15H,3-4,11H2. The van der Waals surface area contributed by atoms with Crippen molar-refractivity contribution in [1.82, 2.24) is 0 Å². The maximum atomic E-state index is 9.67. The van der Waals surface area contributed by atoms with E-state index in [9.17, 15) is 10.2 Å². The van der Waals surface area contributed by atoms with E-state index in [-0.39, 0.29) is 24.5 Å². The molecule has 0 saturated carbocycles. The van der Waals surface area contributed by atoms with Crippen molar-refractivity contribution < 1.29 is 20.4 Å². The number of aromatic hydroxyl groups is 1. The third kappa shape index (κ3) is 2.82. The fraction of sp³-hybridized carbons (Fsp3) is 0.400. The van der Waals surface area contributed by atoms with Gasteiger partial charge in [0, 0.05) is 23.9 Å². The Morgan fingerprint density at radius 2 is 1.93 bits per heavy atom. The lowest BCUT2D eigenvalue weighted by Crippen LogP contribution is -2.20. The van der Waals surface area contributed by atoms with Crippen LogP contribution in [0.2, 0.25) is 0 Å². The molecule has 0 fully saturated rings. The summed E-state index contributed by atoms with van der Waals surface area (Å²) in [5.41, 5.74) is 6.11. The molecule has 84 valence electrons. The topological polar surface area (TPSA) is 107 Å². The molecule has 0 amide bonds. The van der Waals surface area contributed by atoms with Crippen LogP contribution in [0.5, 0.6) is 5.75 Å². The van der Waals surface area contributed by atoms with Gasteiger partial charge in [0.1, 0.15) is 11.9 Å². The number of benzene rings is 1. The lowest BCUT2D eigenvalue weighted by Gasteiger charge is -2.18. The lowest BCUT2D eigenvalue weighted by atomic mass is 10.0. The minimum absolute atomic E-state index is 0.0000907. The molecule has 0 aliphatic heterocycles. The summed E-state index contributed by atoms with van der Waals surface area (Å²) in [6, 6.07) is 4.11. The highest BCUT2D eigenvalue weighted by atomic mass is 16.3. The first-order valence-corrected chi connectivity index (χ1v) is 4.61. The average Bonchev–Trinajstić information content (AvgIpc) is 2.17. The van der Waals surface area contributed by atoms with Gasteiger partial charge in [-0.25, -0.2) is 0 Å². The van der Waals surface area contributed by atoms with Gasteiger partial charge in [-0.3, -0.25) is 0 Å². The van der Waals surface area contributed by atoms with Gasteiger partial charge in [-0.15, -0.1) is 0 Å². The van der Waals surface area contributed by atoms with Crippen LogP contribution in [0, 0.1) is 0 Å². The molecule has 2 atom stereocenters. The van der Waals surface area contributed by atoms with Crippen LogP contribution >= 0.6 is 0 Å². The molecule has 2 unspecified atom stereocenters. The quantitative estimate of drug-likeness (QED) is 0.443. The molecule has 5 nitrogen and oxygen atoms in total. The fourth-order valence-electron chi connectivity index (χ4n) is 1.33. The summed E-state index contributed by atoms with van der Waals surface area (Å²) in [6.45, 7) is -0.212. The van der Waals surface area contributed by atoms with Crippen LogP contribution in [0.25, 0.3) is 0 Å². The van der Waals surface area contributed by atoms with Gasteiger partial charge >= 0.3 is 0 Å². The first kappa shape index (κ1) is 11.8. The molecule has 1 aromatic rings. The van der Waals surface area contributed by atoms with E-state index in [1.54, 1.807) is 0 Å². The molecule has 0 aliphatic rings. The van der Waals surface area contributed by atoms with Gasteiger partial charge in [0.15, 0.2) is 0 Å². The van der Waals surface area contributed by atoms with E-state index in [4.69, 9.17) is 15.9 Å². The van der Waals surface area contributed by atoms with E-state index < -0.39 is 12.2 Å². The summed E-state index contributed by atoms with van der Waals surface area (Å²) in [7, 11) is 0. The second-order valence-corrected chi connectivity index (χ2v) is 3.34. The SMILES string of the molecule is Nc1cc(O)ccc1C(O)C(O)CCO. The van der Waals surface area contributed by atoms with Crippen LogP contribution in [0.3, 0.4) is 0 Å². The van der Waals surface area contributed by atoms with Gasteiger partial charge in [-0.2, -0.15) is 0 Å². The summed E-state index contributed by atoms with van der Waals surface area (Å²) in [6.07, 6.45) is -2.15. The predicted molar refractivity (Wildman–Crippen MR) is 55.2 cm³/mol. The second-order valence-electron chi connectivity index (χ2n) is 3.34.